The highest BCUT2D eigenvalue weighted by molar-refractivity contribution is 6.51. The molecule has 4 rings (SSSR count). The van der Waals surface area contributed by atoms with E-state index in [1.165, 1.54) is 30.3 Å². The lowest BCUT2D eigenvalue weighted by molar-refractivity contribution is -0.384. The van der Waals surface area contributed by atoms with E-state index in [9.17, 15) is 24.8 Å². The van der Waals surface area contributed by atoms with Gasteiger partial charge in [-0.15, -0.1) is 0 Å². The van der Waals surface area contributed by atoms with Crippen molar-refractivity contribution in [3.63, 3.8) is 0 Å². The molecular formula is C24H21N3O7. The number of non-ortho nitro benzene ring substituents is 1. The molecule has 0 aliphatic carbocycles. The summed E-state index contributed by atoms with van der Waals surface area (Å²) in [4.78, 5) is 37.7. The van der Waals surface area contributed by atoms with Crippen LogP contribution in [0.2, 0.25) is 0 Å². The molecule has 10 heteroatoms. The summed E-state index contributed by atoms with van der Waals surface area (Å²) in [6.45, 7) is 5.39. The number of benzene rings is 2. The minimum absolute atomic E-state index is 0.0437. The van der Waals surface area contributed by atoms with E-state index in [1.807, 2.05) is 13.8 Å². The van der Waals surface area contributed by atoms with Crippen molar-refractivity contribution in [2.75, 3.05) is 4.90 Å². The fraction of sp³-hybridized carbons (Fsp3) is 0.208. The molecule has 1 saturated heterocycles. The molecule has 1 atom stereocenters. The summed E-state index contributed by atoms with van der Waals surface area (Å²) in [7, 11) is 0. The number of ketones is 1. The second-order valence-corrected chi connectivity index (χ2v) is 8.00. The number of aliphatic hydroxyl groups is 1. The van der Waals surface area contributed by atoms with Gasteiger partial charge in [0.25, 0.3) is 11.5 Å². The Morgan fingerprint density at radius 2 is 1.79 bits per heavy atom. The van der Waals surface area contributed by atoms with Crippen LogP contribution in [0.15, 0.2) is 64.7 Å². The molecule has 2 heterocycles. The fourth-order valence-corrected chi connectivity index (χ4v) is 3.75. The molecule has 34 heavy (non-hydrogen) atoms. The van der Waals surface area contributed by atoms with Gasteiger partial charge in [-0.05, 0) is 62.7 Å². The lowest BCUT2D eigenvalue weighted by Crippen LogP contribution is -2.29. The minimum Gasteiger partial charge on any atom is -0.507 e. The van der Waals surface area contributed by atoms with Crippen molar-refractivity contribution in [1.82, 2.24) is 5.16 Å². The summed E-state index contributed by atoms with van der Waals surface area (Å²) in [5, 5.41) is 26.1. The summed E-state index contributed by atoms with van der Waals surface area (Å²) in [6, 6.07) is 12.3. The number of carbonyl (C=O) groups is 2. The largest absolute Gasteiger partial charge is 0.507 e. The molecular weight excluding hydrogens is 442 g/mol. The van der Waals surface area contributed by atoms with E-state index in [4.69, 9.17) is 9.26 Å². The number of nitrogens with zero attached hydrogens (tertiary/aromatic N) is 3. The first-order valence-corrected chi connectivity index (χ1v) is 10.4. The highest BCUT2D eigenvalue weighted by atomic mass is 16.6. The quantitative estimate of drug-likeness (QED) is 0.188. The van der Waals surface area contributed by atoms with Gasteiger partial charge in [-0.3, -0.25) is 24.6 Å². The zero-order chi connectivity index (χ0) is 24.6. The third-order valence-corrected chi connectivity index (χ3v) is 5.23. The molecule has 1 aliphatic heterocycles. The van der Waals surface area contributed by atoms with Crippen molar-refractivity contribution in [3.05, 3.63) is 87.2 Å². The molecule has 1 amide bonds. The van der Waals surface area contributed by atoms with Gasteiger partial charge >= 0.3 is 5.91 Å². The number of anilines is 1. The monoisotopic (exact) mass is 463 g/mol. The first kappa shape index (κ1) is 22.7. The highest BCUT2D eigenvalue weighted by Crippen LogP contribution is 2.42. The Morgan fingerprint density at radius 3 is 2.32 bits per heavy atom. The molecule has 1 fully saturated rings. The molecule has 1 N–H and O–H groups in total. The number of Topliss-reactive ketones (excluding diaryl/α,β-unsaturated/α-hetero) is 1. The minimum atomic E-state index is -1.07. The number of aromatic nitrogens is 1. The van der Waals surface area contributed by atoms with Crippen LogP contribution in [0.4, 0.5) is 11.5 Å². The van der Waals surface area contributed by atoms with Crippen molar-refractivity contribution >= 4 is 29.0 Å². The average molecular weight is 463 g/mol. The van der Waals surface area contributed by atoms with Crippen LogP contribution in [0.3, 0.4) is 0 Å². The molecule has 2 aromatic carbocycles. The van der Waals surface area contributed by atoms with Crippen LogP contribution in [0.25, 0.3) is 5.76 Å². The molecule has 0 unspecified atom stereocenters. The number of aliphatic hydroxyl groups excluding tert-OH is 1. The normalized spacial score (nSPS) is 17.4. The van der Waals surface area contributed by atoms with Gasteiger partial charge in [-0.2, -0.15) is 0 Å². The second kappa shape index (κ2) is 8.81. The topological polar surface area (TPSA) is 136 Å². The van der Waals surface area contributed by atoms with E-state index in [0.717, 1.165) is 4.90 Å². The van der Waals surface area contributed by atoms with E-state index >= 15 is 0 Å². The van der Waals surface area contributed by atoms with Crippen molar-refractivity contribution in [2.24, 2.45) is 0 Å². The maximum absolute atomic E-state index is 13.1. The number of hydrogen-bond acceptors (Lipinski definition) is 8. The Kier molecular flexibility index (Phi) is 5.89. The van der Waals surface area contributed by atoms with E-state index in [0.29, 0.717) is 22.6 Å². The molecule has 174 valence electrons. The molecule has 0 radical (unpaired) electrons. The summed E-state index contributed by atoms with van der Waals surface area (Å²) < 4.78 is 10.7. The van der Waals surface area contributed by atoms with Crippen LogP contribution in [-0.4, -0.2) is 33.0 Å². The van der Waals surface area contributed by atoms with Crippen molar-refractivity contribution < 1.29 is 28.9 Å². The van der Waals surface area contributed by atoms with E-state index in [2.05, 4.69) is 5.16 Å². The van der Waals surface area contributed by atoms with E-state index in [1.54, 1.807) is 31.2 Å². The van der Waals surface area contributed by atoms with Crippen molar-refractivity contribution in [1.29, 1.82) is 0 Å². The highest BCUT2D eigenvalue weighted by Gasteiger charge is 2.48. The first-order chi connectivity index (χ1) is 16.2. The average Bonchev–Trinajstić information content (AvgIpc) is 3.34. The third-order valence-electron chi connectivity index (χ3n) is 5.23. The number of nitro benzene ring substituents is 1. The zero-order valence-corrected chi connectivity index (χ0v) is 18.6. The first-order valence-electron chi connectivity index (χ1n) is 10.4. The van der Waals surface area contributed by atoms with Crippen LogP contribution >= 0.6 is 0 Å². The van der Waals surface area contributed by atoms with Gasteiger partial charge in [-0.1, -0.05) is 5.16 Å². The molecule has 0 saturated carbocycles. The van der Waals surface area contributed by atoms with Gasteiger partial charge in [-0.25, -0.2) is 0 Å². The Balaban J connectivity index is 1.85. The van der Waals surface area contributed by atoms with Crippen LogP contribution in [-0.2, 0) is 9.59 Å². The predicted molar refractivity (Wildman–Crippen MR) is 121 cm³/mol. The van der Waals surface area contributed by atoms with E-state index < -0.39 is 22.7 Å². The summed E-state index contributed by atoms with van der Waals surface area (Å²) >= 11 is 0. The van der Waals surface area contributed by atoms with Gasteiger partial charge < -0.3 is 14.4 Å². The Labute approximate surface area is 194 Å². The third kappa shape index (κ3) is 4.13. The Bertz CT molecular complexity index is 1290. The smallest absolute Gasteiger partial charge is 0.301 e. The summed E-state index contributed by atoms with van der Waals surface area (Å²) in [6.07, 6.45) is -0.0437. The molecule has 3 aromatic rings. The van der Waals surface area contributed by atoms with Crippen molar-refractivity contribution in [3.8, 4) is 5.75 Å². The predicted octanol–water partition coefficient (Wildman–Crippen LogP) is 4.30. The maximum atomic E-state index is 13.1. The van der Waals surface area contributed by atoms with Gasteiger partial charge in [0.05, 0.1) is 22.6 Å². The van der Waals surface area contributed by atoms with Gasteiger partial charge in [0.2, 0.25) is 0 Å². The number of ether oxygens (including phenoxy) is 1. The number of nitro groups is 1. The van der Waals surface area contributed by atoms with Crippen LogP contribution in [0.1, 0.15) is 36.8 Å². The van der Waals surface area contributed by atoms with Crippen LogP contribution < -0.4 is 9.64 Å². The summed E-state index contributed by atoms with van der Waals surface area (Å²) in [5.74, 6) is -1.12. The Hall–Kier alpha value is -4.47. The number of rotatable bonds is 6. The number of aryl methyl sites for hydroxylation is 1. The van der Waals surface area contributed by atoms with Gasteiger partial charge in [0, 0.05) is 23.8 Å². The molecule has 1 aliphatic rings. The molecule has 0 spiro atoms. The summed E-state index contributed by atoms with van der Waals surface area (Å²) in [5.41, 5.74) is 0.361. The Morgan fingerprint density at radius 1 is 1.15 bits per heavy atom. The zero-order valence-electron chi connectivity index (χ0n) is 18.6. The molecule has 10 nitrogen and oxygen atoms in total. The number of hydrogen-bond donors (Lipinski definition) is 1. The SMILES string of the molecule is Cc1cc(N2C(=O)C(=O)/C(=C(/O)c3ccc(OC(C)C)cc3)[C@H]2c2ccc([N+](=O)[O-])cc2)no1. The fourth-order valence-electron chi connectivity index (χ4n) is 3.75. The molecule has 1 aromatic heterocycles. The maximum Gasteiger partial charge on any atom is 0.301 e. The van der Waals surface area contributed by atoms with Gasteiger partial charge in [0.1, 0.15) is 17.3 Å². The van der Waals surface area contributed by atoms with Crippen LogP contribution in [0, 0.1) is 17.0 Å². The standard InChI is InChI=1S/C24H21N3O7/c1-13(2)33-18-10-6-16(7-11-18)22(28)20-21(15-4-8-17(9-5-15)27(31)32)26(24(30)23(20)29)19-12-14(3)34-25-19/h4-13,21,28H,1-3H3/b22-20+/t21-/m1/s1. The van der Waals surface area contributed by atoms with Crippen molar-refractivity contribution in [2.45, 2.75) is 32.9 Å². The van der Waals surface area contributed by atoms with Crippen LogP contribution in [0.5, 0.6) is 5.75 Å². The van der Waals surface area contributed by atoms with Gasteiger partial charge in [0.15, 0.2) is 5.82 Å². The lowest BCUT2D eigenvalue weighted by atomic mass is 9.95. The second-order valence-electron chi connectivity index (χ2n) is 8.00. The molecule has 0 bridgehead atoms. The number of amides is 1. The van der Waals surface area contributed by atoms with E-state index in [-0.39, 0.29) is 28.9 Å². The number of carbonyl (C=O) groups excluding carboxylic acids is 2. The lowest BCUT2D eigenvalue weighted by Gasteiger charge is -2.22.